The van der Waals surface area contributed by atoms with Gasteiger partial charge in [-0.3, -0.25) is 5.32 Å². The SMILES string of the molecule is Cc1nc(NC(=O)N2CCC(C(C)O)CC2)oc1C. The van der Waals surface area contributed by atoms with Crippen LogP contribution in [-0.4, -0.2) is 40.2 Å². The molecule has 1 aromatic rings. The summed E-state index contributed by atoms with van der Waals surface area (Å²) in [7, 11) is 0. The van der Waals surface area contributed by atoms with Gasteiger partial charge in [0.2, 0.25) is 0 Å². The van der Waals surface area contributed by atoms with Gasteiger partial charge in [-0.2, -0.15) is 4.98 Å². The van der Waals surface area contributed by atoms with E-state index >= 15 is 0 Å². The average molecular weight is 267 g/mol. The lowest BCUT2D eigenvalue weighted by molar-refractivity contribution is 0.0819. The average Bonchev–Trinajstić information content (AvgIpc) is 2.68. The van der Waals surface area contributed by atoms with E-state index in [1.807, 2.05) is 13.8 Å². The highest BCUT2D eigenvalue weighted by molar-refractivity contribution is 5.87. The molecule has 1 aromatic heterocycles. The fourth-order valence-electron chi connectivity index (χ4n) is 2.28. The summed E-state index contributed by atoms with van der Waals surface area (Å²) in [6.07, 6.45) is 1.35. The van der Waals surface area contributed by atoms with Crippen molar-refractivity contribution in [2.45, 2.75) is 39.7 Å². The number of rotatable bonds is 2. The Labute approximate surface area is 112 Å². The number of piperidine rings is 1. The Morgan fingerprint density at radius 1 is 1.47 bits per heavy atom. The minimum atomic E-state index is -0.303. The number of anilines is 1. The third kappa shape index (κ3) is 3.26. The Bertz CT molecular complexity index is 428. The summed E-state index contributed by atoms with van der Waals surface area (Å²) in [4.78, 5) is 17.9. The molecule has 2 N–H and O–H groups in total. The Balaban J connectivity index is 1.88. The quantitative estimate of drug-likeness (QED) is 0.858. The fraction of sp³-hybridized carbons (Fsp3) is 0.692. The second kappa shape index (κ2) is 5.61. The minimum Gasteiger partial charge on any atom is -0.428 e. The van der Waals surface area contributed by atoms with Crippen LogP contribution < -0.4 is 5.32 Å². The first-order chi connectivity index (χ1) is 8.97. The normalized spacial score (nSPS) is 18.4. The molecule has 6 heteroatoms. The summed E-state index contributed by atoms with van der Waals surface area (Å²) in [5, 5.41) is 12.2. The topological polar surface area (TPSA) is 78.6 Å². The number of hydrogen-bond donors (Lipinski definition) is 2. The van der Waals surface area contributed by atoms with Gasteiger partial charge in [0.25, 0.3) is 0 Å². The molecule has 0 radical (unpaired) electrons. The van der Waals surface area contributed by atoms with E-state index in [0.29, 0.717) is 18.8 Å². The maximum Gasteiger partial charge on any atom is 0.325 e. The van der Waals surface area contributed by atoms with Crippen LogP contribution in [0.5, 0.6) is 0 Å². The Hall–Kier alpha value is -1.56. The number of likely N-dealkylation sites (tertiary alicyclic amines) is 1. The van der Waals surface area contributed by atoms with E-state index in [1.165, 1.54) is 0 Å². The van der Waals surface area contributed by atoms with E-state index in [9.17, 15) is 9.90 Å². The zero-order valence-electron chi connectivity index (χ0n) is 11.6. The third-order valence-electron chi connectivity index (χ3n) is 3.75. The number of oxazole rings is 1. The molecule has 2 amide bonds. The third-order valence-corrected chi connectivity index (χ3v) is 3.75. The summed E-state index contributed by atoms with van der Waals surface area (Å²) < 4.78 is 5.33. The number of aliphatic hydroxyl groups is 1. The van der Waals surface area contributed by atoms with E-state index in [0.717, 1.165) is 18.5 Å². The molecule has 1 aliphatic rings. The molecule has 106 valence electrons. The molecule has 0 saturated carbocycles. The van der Waals surface area contributed by atoms with Gasteiger partial charge in [-0.15, -0.1) is 0 Å². The van der Waals surface area contributed by atoms with Crippen LogP contribution in [0.15, 0.2) is 4.42 Å². The maximum absolute atomic E-state index is 12.0. The molecule has 1 saturated heterocycles. The van der Waals surface area contributed by atoms with Gasteiger partial charge in [-0.05, 0) is 39.5 Å². The number of hydrogen-bond acceptors (Lipinski definition) is 4. The van der Waals surface area contributed by atoms with Gasteiger partial charge in [0.1, 0.15) is 5.76 Å². The number of urea groups is 1. The molecule has 1 fully saturated rings. The molecule has 0 spiro atoms. The molecule has 19 heavy (non-hydrogen) atoms. The second-order valence-corrected chi connectivity index (χ2v) is 5.16. The Morgan fingerprint density at radius 3 is 2.58 bits per heavy atom. The van der Waals surface area contributed by atoms with Crippen molar-refractivity contribution in [2.75, 3.05) is 18.4 Å². The molecule has 6 nitrogen and oxygen atoms in total. The number of amides is 2. The van der Waals surface area contributed by atoms with Crippen LogP contribution in [0.3, 0.4) is 0 Å². The van der Waals surface area contributed by atoms with Gasteiger partial charge in [-0.1, -0.05) is 0 Å². The minimum absolute atomic E-state index is 0.190. The molecule has 2 rings (SSSR count). The second-order valence-electron chi connectivity index (χ2n) is 5.16. The molecule has 1 unspecified atom stereocenters. The lowest BCUT2D eigenvalue weighted by Gasteiger charge is -2.32. The van der Waals surface area contributed by atoms with Crippen LogP contribution in [0, 0.1) is 19.8 Å². The summed E-state index contributed by atoms with van der Waals surface area (Å²) in [5.41, 5.74) is 0.781. The molecule has 1 atom stereocenters. The molecule has 2 heterocycles. The lowest BCUT2D eigenvalue weighted by atomic mass is 9.92. The van der Waals surface area contributed by atoms with Crippen LogP contribution in [0.4, 0.5) is 10.8 Å². The van der Waals surface area contributed by atoms with Gasteiger partial charge in [0, 0.05) is 13.1 Å². The van der Waals surface area contributed by atoms with Crippen LogP contribution in [0.1, 0.15) is 31.2 Å². The summed E-state index contributed by atoms with van der Waals surface area (Å²) in [6, 6.07) is 0.0583. The van der Waals surface area contributed by atoms with E-state index in [1.54, 1.807) is 11.8 Å². The zero-order chi connectivity index (χ0) is 14.0. The molecule has 1 aliphatic heterocycles. The summed E-state index contributed by atoms with van der Waals surface area (Å²) in [5.74, 6) is 0.999. The van der Waals surface area contributed by atoms with Crippen LogP contribution in [0.25, 0.3) is 0 Å². The van der Waals surface area contributed by atoms with Gasteiger partial charge in [0.15, 0.2) is 0 Å². The van der Waals surface area contributed by atoms with Crippen molar-refractivity contribution in [2.24, 2.45) is 5.92 Å². The van der Waals surface area contributed by atoms with Crippen molar-refractivity contribution in [1.82, 2.24) is 9.88 Å². The fourth-order valence-corrected chi connectivity index (χ4v) is 2.28. The van der Waals surface area contributed by atoms with Crippen LogP contribution >= 0.6 is 0 Å². The van der Waals surface area contributed by atoms with Crippen molar-refractivity contribution >= 4 is 12.0 Å². The van der Waals surface area contributed by atoms with Gasteiger partial charge < -0.3 is 14.4 Å². The summed E-state index contributed by atoms with van der Waals surface area (Å²) >= 11 is 0. The van der Waals surface area contributed by atoms with Crippen molar-refractivity contribution in [3.05, 3.63) is 11.5 Å². The largest absolute Gasteiger partial charge is 0.428 e. The lowest BCUT2D eigenvalue weighted by Crippen LogP contribution is -2.42. The number of aliphatic hydroxyl groups excluding tert-OH is 1. The van der Waals surface area contributed by atoms with Crippen molar-refractivity contribution < 1.29 is 14.3 Å². The first kappa shape index (κ1) is 13.9. The van der Waals surface area contributed by atoms with Crippen molar-refractivity contribution in [3.63, 3.8) is 0 Å². The van der Waals surface area contributed by atoms with Gasteiger partial charge in [-0.25, -0.2) is 4.79 Å². The molecular formula is C13H21N3O3. The highest BCUT2D eigenvalue weighted by Crippen LogP contribution is 2.21. The number of carbonyl (C=O) groups excluding carboxylic acids is 1. The number of aromatic nitrogens is 1. The standard InChI is InChI=1S/C13H21N3O3/c1-8-10(3)19-12(14-8)15-13(18)16-6-4-11(5-7-16)9(2)17/h9,11,17H,4-7H2,1-3H3,(H,14,15,18). The highest BCUT2D eigenvalue weighted by atomic mass is 16.4. The molecular weight excluding hydrogens is 246 g/mol. The van der Waals surface area contributed by atoms with Crippen LogP contribution in [0.2, 0.25) is 0 Å². The van der Waals surface area contributed by atoms with Gasteiger partial charge >= 0.3 is 12.0 Å². The maximum atomic E-state index is 12.0. The van der Waals surface area contributed by atoms with E-state index in [-0.39, 0.29) is 24.1 Å². The highest BCUT2D eigenvalue weighted by Gasteiger charge is 2.26. The van der Waals surface area contributed by atoms with E-state index in [2.05, 4.69) is 10.3 Å². The number of nitrogens with zero attached hydrogens (tertiary/aromatic N) is 2. The van der Waals surface area contributed by atoms with Crippen molar-refractivity contribution in [3.8, 4) is 0 Å². The summed E-state index contributed by atoms with van der Waals surface area (Å²) in [6.45, 7) is 6.76. The number of nitrogens with one attached hydrogen (secondary N) is 1. The predicted molar refractivity (Wildman–Crippen MR) is 71.0 cm³/mol. The van der Waals surface area contributed by atoms with E-state index in [4.69, 9.17) is 4.42 Å². The number of carbonyl (C=O) groups is 1. The first-order valence-electron chi connectivity index (χ1n) is 6.65. The van der Waals surface area contributed by atoms with Crippen molar-refractivity contribution in [1.29, 1.82) is 0 Å². The van der Waals surface area contributed by atoms with Gasteiger partial charge in [0.05, 0.1) is 11.8 Å². The predicted octanol–water partition coefficient (Wildman–Crippen LogP) is 1.92. The number of aryl methyl sites for hydroxylation is 2. The molecule has 0 aromatic carbocycles. The molecule has 0 bridgehead atoms. The van der Waals surface area contributed by atoms with E-state index < -0.39 is 0 Å². The Kier molecular flexibility index (Phi) is 4.09. The van der Waals surface area contributed by atoms with Crippen LogP contribution in [-0.2, 0) is 0 Å². The first-order valence-corrected chi connectivity index (χ1v) is 6.65. The zero-order valence-corrected chi connectivity index (χ0v) is 11.6. The monoisotopic (exact) mass is 267 g/mol. The molecule has 0 aliphatic carbocycles. The smallest absolute Gasteiger partial charge is 0.325 e. The Morgan fingerprint density at radius 2 is 2.11 bits per heavy atom.